The van der Waals surface area contributed by atoms with Crippen molar-refractivity contribution in [3.63, 3.8) is 0 Å². The van der Waals surface area contributed by atoms with Gasteiger partial charge in [0.05, 0.1) is 33.3 Å². The largest absolute Gasteiger partial charge is 0.309 e. The third kappa shape index (κ3) is 4.03. The lowest BCUT2D eigenvalue weighted by Gasteiger charge is -2.12. The van der Waals surface area contributed by atoms with Crippen molar-refractivity contribution in [3.8, 4) is 34.0 Å². The van der Waals surface area contributed by atoms with E-state index in [9.17, 15) is 0 Å². The molecule has 10 aromatic rings. The van der Waals surface area contributed by atoms with Crippen molar-refractivity contribution in [1.82, 2.24) is 19.1 Å². The smallest absolute Gasteiger partial charge is 0.160 e. The van der Waals surface area contributed by atoms with Crippen molar-refractivity contribution in [3.05, 3.63) is 170 Å². The van der Waals surface area contributed by atoms with Gasteiger partial charge >= 0.3 is 0 Å². The van der Waals surface area contributed by atoms with Crippen LogP contribution in [0.3, 0.4) is 0 Å². The van der Waals surface area contributed by atoms with E-state index in [2.05, 4.69) is 161 Å². The Balaban J connectivity index is 1.17. The first-order chi connectivity index (χ1) is 23.8. The highest BCUT2D eigenvalue weighted by Crippen LogP contribution is 2.37. The van der Waals surface area contributed by atoms with Crippen molar-refractivity contribution < 1.29 is 0 Å². The van der Waals surface area contributed by atoms with E-state index >= 15 is 0 Å². The number of para-hydroxylation sites is 4. The van der Waals surface area contributed by atoms with Crippen LogP contribution in [-0.4, -0.2) is 19.1 Å². The molecule has 0 amide bonds. The Kier molecular flexibility index (Phi) is 5.84. The molecule has 0 atom stereocenters. The minimum absolute atomic E-state index is 0.712. The van der Waals surface area contributed by atoms with Crippen LogP contribution in [0.1, 0.15) is 0 Å². The molecule has 0 aliphatic heterocycles. The zero-order valence-corrected chi connectivity index (χ0v) is 26.0. The average Bonchev–Trinajstić information content (AvgIpc) is 3.67. The molecular weight excluding hydrogens is 585 g/mol. The van der Waals surface area contributed by atoms with Gasteiger partial charge in [-0.25, -0.2) is 9.97 Å². The molecule has 0 aliphatic carbocycles. The maximum Gasteiger partial charge on any atom is 0.160 e. The van der Waals surface area contributed by atoms with Crippen LogP contribution in [0.2, 0.25) is 0 Å². The molecule has 0 radical (unpaired) electrons. The van der Waals surface area contributed by atoms with Crippen molar-refractivity contribution in [1.29, 1.82) is 0 Å². The summed E-state index contributed by atoms with van der Waals surface area (Å²) in [7, 11) is 0. The molecule has 0 fully saturated rings. The van der Waals surface area contributed by atoms with Gasteiger partial charge < -0.3 is 9.13 Å². The fourth-order valence-electron chi connectivity index (χ4n) is 7.38. The Bertz CT molecular complexity index is 2790. The molecule has 0 spiro atoms. The maximum absolute atomic E-state index is 5.16. The highest BCUT2D eigenvalue weighted by Gasteiger charge is 2.17. The molecule has 0 bridgehead atoms. The Labute approximate surface area is 276 Å². The number of benzene rings is 7. The number of nitrogens with zero attached hydrogens (tertiary/aromatic N) is 4. The van der Waals surface area contributed by atoms with E-state index < -0.39 is 0 Å². The molecule has 3 heterocycles. The summed E-state index contributed by atoms with van der Waals surface area (Å²) >= 11 is 0. The number of fused-ring (bicyclic) bond motifs is 7. The third-order valence-corrected chi connectivity index (χ3v) is 9.51. The van der Waals surface area contributed by atoms with Crippen LogP contribution in [0.5, 0.6) is 0 Å². The van der Waals surface area contributed by atoms with E-state index in [1.54, 1.807) is 0 Å². The van der Waals surface area contributed by atoms with Gasteiger partial charge in [-0.2, -0.15) is 0 Å². The molecular formula is C44H28N4. The standard InChI is InChI=1S/C44H28N4/c1-2-13-29(14-3-1)43-36-20-4-8-21-38(36)45-44(46-43)30-15-12-16-31(27-30)47-41-24-11-7-19-35(41)37-28-32(25-26-42(37)47)48-39-22-9-5-17-33(39)34-18-6-10-23-40(34)48/h1-28H. The van der Waals surface area contributed by atoms with Gasteiger partial charge in [0.25, 0.3) is 0 Å². The molecule has 0 saturated heterocycles. The van der Waals surface area contributed by atoms with Crippen LogP contribution in [-0.2, 0) is 0 Å². The summed E-state index contributed by atoms with van der Waals surface area (Å²) in [6.07, 6.45) is 0. The summed E-state index contributed by atoms with van der Waals surface area (Å²) in [5, 5.41) is 6.00. The van der Waals surface area contributed by atoms with Crippen LogP contribution >= 0.6 is 0 Å². The topological polar surface area (TPSA) is 35.6 Å². The average molecular weight is 613 g/mol. The highest BCUT2D eigenvalue weighted by molar-refractivity contribution is 6.12. The fraction of sp³-hybridized carbons (Fsp3) is 0. The molecule has 48 heavy (non-hydrogen) atoms. The lowest BCUT2D eigenvalue weighted by atomic mass is 10.1. The zero-order chi connectivity index (χ0) is 31.6. The van der Waals surface area contributed by atoms with E-state index in [0.717, 1.165) is 50.1 Å². The summed E-state index contributed by atoms with van der Waals surface area (Å²) in [6, 6.07) is 60.1. The summed E-state index contributed by atoms with van der Waals surface area (Å²) < 4.78 is 4.75. The maximum atomic E-state index is 5.16. The summed E-state index contributed by atoms with van der Waals surface area (Å²) in [5.74, 6) is 0.712. The minimum atomic E-state index is 0.712. The first-order valence-corrected chi connectivity index (χ1v) is 16.3. The van der Waals surface area contributed by atoms with Crippen molar-refractivity contribution >= 4 is 54.5 Å². The molecule has 3 aromatic heterocycles. The fourth-order valence-corrected chi connectivity index (χ4v) is 7.38. The van der Waals surface area contributed by atoms with Crippen LogP contribution < -0.4 is 0 Å². The summed E-state index contributed by atoms with van der Waals surface area (Å²) in [6.45, 7) is 0. The second kappa shape index (κ2) is 10.5. The quantitative estimate of drug-likeness (QED) is 0.198. The predicted molar refractivity (Wildman–Crippen MR) is 199 cm³/mol. The van der Waals surface area contributed by atoms with Crippen LogP contribution in [0.15, 0.2) is 170 Å². The molecule has 7 aromatic carbocycles. The number of rotatable bonds is 4. The van der Waals surface area contributed by atoms with E-state index in [4.69, 9.17) is 9.97 Å². The van der Waals surface area contributed by atoms with E-state index in [1.807, 2.05) is 18.2 Å². The van der Waals surface area contributed by atoms with Gasteiger partial charge in [-0.3, -0.25) is 0 Å². The van der Waals surface area contributed by atoms with Crippen LogP contribution in [0.25, 0.3) is 88.5 Å². The number of hydrogen-bond acceptors (Lipinski definition) is 2. The SMILES string of the molecule is c1ccc(-c2nc(-c3cccc(-n4c5ccccc5c5cc(-n6c7ccccc7c7ccccc76)ccc54)c3)nc3ccccc23)cc1. The zero-order valence-electron chi connectivity index (χ0n) is 26.0. The highest BCUT2D eigenvalue weighted by atomic mass is 15.0. The molecule has 0 N–H and O–H groups in total. The number of hydrogen-bond donors (Lipinski definition) is 0. The molecule has 224 valence electrons. The Morgan fingerprint density at radius 1 is 0.333 bits per heavy atom. The summed E-state index contributed by atoms with van der Waals surface area (Å²) in [5.41, 5.74) is 10.9. The predicted octanol–water partition coefficient (Wildman–Crippen LogP) is 11.2. The third-order valence-electron chi connectivity index (χ3n) is 9.51. The van der Waals surface area contributed by atoms with Gasteiger partial charge in [0, 0.05) is 49.4 Å². The Hall–Kier alpha value is -6.52. The molecule has 4 heteroatoms. The first-order valence-electron chi connectivity index (χ1n) is 16.3. The lowest BCUT2D eigenvalue weighted by Crippen LogP contribution is -1.98. The molecule has 0 saturated carbocycles. The van der Waals surface area contributed by atoms with Gasteiger partial charge in [0.2, 0.25) is 0 Å². The molecule has 10 rings (SSSR count). The van der Waals surface area contributed by atoms with Gasteiger partial charge in [-0.15, -0.1) is 0 Å². The lowest BCUT2D eigenvalue weighted by molar-refractivity contribution is 1.16. The van der Waals surface area contributed by atoms with Crippen LogP contribution in [0, 0.1) is 0 Å². The van der Waals surface area contributed by atoms with E-state index in [-0.39, 0.29) is 0 Å². The van der Waals surface area contributed by atoms with E-state index in [1.165, 1.54) is 32.6 Å². The van der Waals surface area contributed by atoms with Gasteiger partial charge in [0.1, 0.15) is 0 Å². The second-order valence-electron chi connectivity index (χ2n) is 12.3. The monoisotopic (exact) mass is 612 g/mol. The normalized spacial score (nSPS) is 11.8. The molecule has 4 nitrogen and oxygen atoms in total. The molecule has 0 unspecified atom stereocenters. The molecule has 0 aliphatic rings. The van der Waals surface area contributed by atoms with Crippen molar-refractivity contribution in [2.45, 2.75) is 0 Å². The number of aromatic nitrogens is 4. The Morgan fingerprint density at radius 3 is 1.54 bits per heavy atom. The minimum Gasteiger partial charge on any atom is -0.309 e. The van der Waals surface area contributed by atoms with Crippen molar-refractivity contribution in [2.24, 2.45) is 0 Å². The first kappa shape index (κ1) is 26.7. The summed E-state index contributed by atoms with van der Waals surface area (Å²) in [4.78, 5) is 10.2. The second-order valence-corrected chi connectivity index (χ2v) is 12.3. The van der Waals surface area contributed by atoms with Crippen molar-refractivity contribution in [2.75, 3.05) is 0 Å². The van der Waals surface area contributed by atoms with E-state index in [0.29, 0.717) is 5.82 Å². The van der Waals surface area contributed by atoms with Gasteiger partial charge in [0.15, 0.2) is 5.82 Å². The Morgan fingerprint density at radius 2 is 0.854 bits per heavy atom. The van der Waals surface area contributed by atoms with Crippen LogP contribution in [0.4, 0.5) is 0 Å². The van der Waals surface area contributed by atoms with Gasteiger partial charge in [-0.1, -0.05) is 115 Å². The van der Waals surface area contributed by atoms with Gasteiger partial charge in [-0.05, 0) is 54.6 Å².